The summed E-state index contributed by atoms with van der Waals surface area (Å²) >= 11 is 3.51. The number of pyridine rings is 1. The number of rotatable bonds is 6. The molecule has 1 unspecified atom stereocenters. The van der Waals surface area contributed by atoms with Crippen LogP contribution in [-0.2, 0) is 10.1 Å². The first-order chi connectivity index (χ1) is 19.2. The molecule has 0 saturated carbocycles. The van der Waals surface area contributed by atoms with E-state index in [0.29, 0.717) is 23.1 Å². The number of hydrogen-bond donors (Lipinski definition) is 2. The molecule has 1 atom stereocenters. The van der Waals surface area contributed by atoms with E-state index in [-0.39, 0.29) is 30.3 Å². The van der Waals surface area contributed by atoms with E-state index < -0.39 is 11.5 Å². The summed E-state index contributed by atoms with van der Waals surface area (Å²) in [6.45, 7) is 10.4. The van der Waals surface area contributed by atoms with Gasteiger partial charge in [0.25, 0.3) is 11.8 Å². The normalized spacial score (nSPS) is 15.1. The Morgan fingerprint density at radius 2 is 1.73 bits per heavy atom. The zero-order valence-corrected chi connectivity index (χ0v) is 25.5. The van der Waals surface area contributed by atoms with E-state index >= 15 is 0 Å². The number of likely N-dealkylation sites (tertiary alicyclic amines) is 1. The second-order valence-electron chi connectivity index (χ2n) is 10.3. The summed E-state index contributed by atoms with van der Waals surface area (Å²) in [6.07, 6.45) is 3.76. The first kappa shape index (κ1) is 31.1. The minimum absolute atomic E-state index is 0.113. The topological polar surface area (TPSA) is 101 Å². The first-order valence-electron chi connectivity index (χ1n) is 13.8. The van der Waals surface area contributed by atoms with Crippen molar-refractivity contribution in [3.8, 4) is 0 Å². The maximum Gasteiger partial charge on any atom is 0.410 e. The number of amides is 3. The summed E-state index contributed by atoms with van der Waals surface area (Å²) in [7, 11) is 0. The van der Waals surface area contributed by atoms with Gasteiger partial charge in [0.15, 0.2) is 5.69 Å². The van der Waals surface area contributed by atoms with Gasteiger partial charge in [0.2, 0.25) is 0 Å². The monoisotopic (exact) mass is 610 g/mol. The van der Waals surface area contributed by atoms with Crippen molar-refractivity contribution >= 4 is 50.3 Å². The molecule has 1 aromatic heterocycles. The van der Waals surface area contributed by atoms with Crippen molar-refractivity contribution in [1.29, 1.82) is 0 Å². The number of aromatic nitrogens is 1. The number of carbonyl (C=O) groups is 3. The largest absolute Gasteiger partial charge is 0.444 e. The molecular formula is C31H39BrN4O4. The zero-order valence-electron chi connectivity index (χ0n) is 23.9. The lowest BCUT2D eigenvalue weighted by Crippen LogP contribution is -2.50. The molecule has 3 aromatic rings. The molecule has 0 aliphatic carbocycles. The van der Waals surface area contributed by atoms with Gasteiger partial charge >= 0.3 is 6.09 Å². The molecule has 4 rings (SSSR count). The van der Waals surface area contributed by atoms with Crippen LogP contribution in [0.15, 0.2) is 54.7 Å². The van der Waals surface area contributed by atoms with Crippen molar-refractivity contribution in [3.63, 3.8) is 0 Å². The smallest absolute Gasteiger partial charge is 0.410 e. The van der Waals surface area contributed by atoms with Crippen LogP contribution < -0.4 is 10.6 Å². The summed E-state index contributed by atoms with van der Waals surface area (Å²) in [6, 6.07) is 14.6. The van der Waals surface area contributed by atoms with Crippen LogP contribution in [0.2, 0.25) is 0 Å². The van der Waals surface area contributed by atoms with Crippen LogP contribution in [0, 0.1) is 0 Å². The fourth-order valence-corrected chi connectivity index (χ4v) is 5.11. The van der Waals surface area contributed by atoms with Crippen molar-refractivity contribution < 1.29 is 19.1 Å². The SMILES string of the molecule is CC.CC(C)(C)OC(=O)N1CCCCC1CNC(=O)c1ncccc1NC(=O)c1ccc(CBr)c2ccccc12. The quantitative estimate of drug-likeness (QED) is 0.295. The van der Waals surface area contributed by atoms with Gasteiger partial charge in [-0.15, -0.1) is 0 Å². The minimum Gasteiger partial charge on any atom is -0.444 e. The summed E-state index contributed by atoms with van der Waals surface area (Å²) < 4.78 is 5.56. The van der Waals surface area contributed by atoms with Gasteiger partial charge in [0.05, 0.1) is 11.7 Å². The predicted molar refractivity (Wildman–Crippen MR) is 163 cm³/mol. The van der Waals surface area contributed by atoms with Crippen molar-refractivity contribution in [3.05, 3.63) is 71.5 Å². The highest BCUT2D eigenvalue weighted by Crippen LogP contribution is 2.26. The van der Waals surface area contributed by atoms with E-state index in [1.54, 1.807) is 23.1 Å². The highest BCUT2D eigenvalue weighted by atomic mass is 79.9. The van der Waals surface area contributed by atoms with E-state index in [1.807, 2.05) is 65.0 Å². The third-order valence-corrected chi connectivity index (χ3v) is 7.03. The maximum atomic E-state index is 13.3. The second kappa shape index (κ2) is 14.3. The molecule has 214 valence electrons. The number of ether oxygens (including phenoxy) is 1. The summed E-state index contributed by atoms with van der Waals surface area (Å²) in [5.41, 5.74) is 1.43. The zero-order chi connectivity index (χ0) is 29.3. The third-order valence-electron chi connectivity index (χ3n) is 6.43. The average molecular weight is 612 g/mol. The van der Waals surface area contributed by atoms with E-state index in [0.717, 1.165) is 35.6 Å². The van der Waals surface area contributed by atoms with E-state index in [9.17, 15) is 14.4 Å². The van der Waals surface area contributed by atoms with Crippen LogP contribution in [0.25, 0.3) is 10.8 Å². The molecule has 3 amide bonds. The van der Waals surface area contributed by atoms with Crippen molar-refractivity contribution in [2.45, 2.75) is 70.9 Å². The Kier molecular flexibility index (Phi) is 11.1. The molecule has 8 nitrogen and oxygen atoms in total. The lowest BCUT2D eigenvalue weighted by molar-refractivity contribution is 0.00984. The number of nitrogens with one attached hydrogen (secondary N) is 2. The van der Waals surface area contributed by atoms with Gasteiger partial charge in [-0.1, -0.05) is 60.1 Å². The van der Waals surface area contributed by atoms with E-state index in [2.05, 4.69) is 31.5 Å². The molecule has 40 heavy (non-hydrogen) atoms. The molecule has 0 radical (unpaired) electrons. The summed E-state index contributed by atoms with van der Waals surface area (Å²) in [5, 5.41) is 8.27. The number of nitrogens with zero attached hydrogens (tertiary/aromatic N) is 2. The van der Waals surface area contributed by atoms with Gasteiger partial charge < -0.3 is 20.3 Å². The fraction of sp³-hybridized carbons (Fsp3) is 0.419. The number of benzene rings is 2. The molecule has 1 saturated heterocycles. The maximum absolute atomic E-state index is 13.3. The molecule has 2 heterocycles. The van der Waals surface area contributed by atoms with Crippen LogP contribution in [0.3, 0.4) is 0 Å². The van der Waals surface area contributed by atoms with Crippen LogP contribution in [0.4, 0.5) is 10.5 Å². The molecule has 1 fully saturated rings. The van der Waals surface area contributed by atoms with Crippen molar-refractivity contribution in [2.75, 3.05) is 18.4 Å². The number of piperidine rings is 1. The van der Waals surface area contributed by atoms with Gasteiger partial charge in [0, 0.05) is 30.2 Å². The Labute approximate surface area is 245 Å². The Hall–Kier alpha value is -3.46. The Balaban J connectivity index is 0.00000216. The number of alkyl halides is 1. The van der Waals surface area contributed by atoms with Crippen LogP contribution in [-0.4, -0.2) is 52.5 Å². The van der Waals surface area contributed by atoms with Gasteiger partial charge in [-0.25, -0.2) is 9.78 Å². The lowest BCUT2D eigenvalue weighted by atomic mass is 10.00. The molecule has 0 bridgehead atoms. The molecule has 2 aromatic carbocycles. The Morgan fingerprint density at radius 3 is 2.42 bits per heavy atom. The van der Waals surface area contributed by atoms with Crippen molar-refractivity contribution in [1.82, 2.24) is 15.2 Å². The number of anilines is 1. The third kappa shape index (κ3) is 7.81. The molecule has 1 aliphatic heterocycles. The highest BCUT2D eigenvalue weighted by Gasteiger charge is 2.31. The Morgan fingerprint density at radius 1 is 1.00 bits per heavy atom. The summed E-state index contributed by atoms with van der Waals surface area (Å²) in [5.74, 6) is -0.747. The minimum atomic E-state index is -0.594. The summed E-state index contributed by atoms with van der Waals surface area (Å²) in [4.78, 5) is 45.1. The second-order valence-corrected chi connectivity index (χ2v) is 10.9. The number of hydrogen-bond acceptors (Lipinski definition) is 5. The number of carbonyl (C=O) groups excluding carboxylic acids is 3. The standard InChI is InChI=1S/C29H33BrN4O4.C2H6/c1-29(2,3)38-28(37)34-16-7-6-9-20(34)18-32-27(36)25-24(12-8-15-31-25)33-26(35)23-14-13-19(17-30)21-10-4-5-11-22(21)23;1-2/h4-5,8,10-15,20H,6-7,9,16-18H2,1-3H3,(H,32,36)(H,33,35);1-2H3. The molecule has 2 N–H and O–H groups in total. The lowest BCUT2D eigenvalue weighted by Gasteiger charge is -2.36. The van der Waals surface area contributed by atoms with Crippen LogP contribution >= 0.6 is 15.9 Å². The molecule has 0 spiro atoms. The highest BCUT2D eigenvalue weighted by molar-refractivity contribution is 9.08. The van der Waals surface area contributed by atoms with Gasteiger partial charge in [-0.05, 0) is 74.6 Å². The van der Waals surface area contributed by atoms with E-state index in [4.69, 9.17) is 4.74 Å². The predicted octanol–water partition coefficient (Wildman–Crippen LogP) is 6.93. The van der Waals surface area contributed by atoms with Gasteiger partial charge in [-0.3, -0.25) is 9.59 Å². The van der Waals surface area contributed by atoms with Crippen LogP contribution in [0.1, 0.15) is 80.3 Å². The van der Waals surface area contributed by atoms with Gasteiger partial charge in [-0.2, -0.15) is 0 Å². The number of fused-ring (bicyclic) bond motifs is 1. The molecule has 1 aliphatic rings. The number of halogens is 1. The van der Waals surface area contributed by atoms with Gasteiger partial charge in [0.1, 0.15) is 5.60 Å². The Bertz CT molecular complexity index is 1340. The van der Waals surface area contributed by atoms with E-state index in [1.165, 1.54) is 6.20 Å². The fourth-order valence-electron chi connectivity index (χ4n) is 4.62. The van der Waals surface area contributed by atoms with Crippen molar-refractivity contribution in [2.24, 2.45) is 0 Å². The van der Waals surface area contributed by atoms with Crippen LogP contribution in [0.5, 0.6) is 0 Å². The average Bonchev–Trinajstić information content (AvgIpc) is 2.95. The molecular weight excluding hydrogens is 572 g/mol. The molecule has 9 heteroatoms. The first-order valence-corrected chi connectivity index (χ1v) is 14.9.